The van der Waals surface area contributed by atoms with E-state index in [-0.39, 0.29) is 10.7 Å². The molecule has 0 aromatic carbocycles. The van der Waals surface area contributed by atoms with Crippen LogP contribution in [0.3, 0.4) is 0 Å². The van der Waals surface area contributed by atoms with Crippen molar-refractivity contribution in [2.45, 2.75) is 33.1 Å². The van der Waals surface area contributed by atoms with E-state index in [1.807, 2.05) is 0 Å². The summed E-state index contributed by atoms with van der Waals surface area (Å²) in [6.45, 7) is 4.31. The first-order valence-corrected chi connectivity index (χ1v) is 5.50. The molecular formula is C11H16ClNO. The number of halogens is 1. The highest BCUT2D eigenvalue weighted by Gasteiger charge is 2.65. The van der Waals surface area contributed by atoms with Gasteiger partial charge in [-0.05, 0) is 42.2 Å². The van der Waals surface area contributed by atoms with Crippen LogP contribution in [-0.2, 0) is 4.79 Å². The molecule has 14 heavy (non-hydrogen) atoms. The second kappa shape index (κ2) is 2.82. The van der Waals surface area contributed by atoms with Crippen molar-refractivity contribution in [3.63, 3.8) is 0 Å². The van der Waals surface area contributed by atoms with Gasteiger partial charge in [-0.3, -0.25) is 9.79 Å². The van der Waals surface area contributed by atoms with E-state index in [1.54, 1.807) is 7.05 Å². The summed E-state index contributed by atoms with van der Waals surface area (Å²) in [6, 6.07) is 0. The van der Waals surface area contributed by atoms with Crippen LogP contribution in [-0.4, -0.2) is 18.0 Å². The predicted molar refractivity (Wildman–Crippen MR) is 57.8 cm³/mol. The molecule has 0 aliphatic heterocycles. The summed E-state index contributed by atoms with van der Waals surface area (Å²) in [5.41, 5.74) is 0.577. The minimum Gasteiger partial charge on any atom is -0.296 e. The number of nitrogens with zero attached hydrogens (tertiary/aromatic N) is 1. The number of aliphatic imine (C=N–C) groups is 1. The van der Waals surface area contributed by atoms with Gasteiger partial charge in [0.25, 0.3) is 0 Å². The Labute approximate surface area is 89.7 Å². The van der Waals surface area contributed by atoms with E-state index in [9.17, 15) is 4.79 Å². The highest BCUT2D eigenvalue weighted by atomic mass is 35.5. The molecule has 3 heteroatoms. The molecule has 2 atom stereocenters. The van der Waals surface area contributed by atoms with E-state index in [0.717, 1.165) is 25.0 Å². The topological polar surface area (TPSA) is 29.4 Å². The van der Waals surface area contributed by atoms with Gasteiger partial charge in [0.05, 0.1) is 5.41 Å². The molecule has 0 saturated heterocycles. The lowest BCUT2D eigenvalue weighted by Gasteiger charge is -2.34. The summed E-state index contributed by atoms with van der Waals surface area (Å²) in [7, 11) is 1.77. The zero-order chi connectivity index (χ0) is 10.6. The normalized spacial score (nSPS) is 42.0. The summed E-state index contributed by atoms with van der Waals surface area (Å²) < 4.78 is 0. The van der Waals surface area contributed by atoms with Crippen molar-refractivity contribution in [3.05, 3.63) is 0 Å². The van der Waals surface area contributed by atoms with Crippen LogP contribution in [0.4, 0.5) is 0 Å². The van der Waals surface area contributed by atoms with Gasteiger partial charge in [0.2, 0.25) is 5.24 Å². The van der Waals surface area contributed by atoms with Crippen LogP contribution in [0.15, 0.2) is 4.99 Å². The van der Waals surface area contributed by atoms with Gasteiger partial charge in [-0.2, -0.15) is 0 Å². The molecule has 2 saturated carbocycles. The smallest absolute Gasteiger partial charge is 0.233 e. The summed E-state index contributed by atoms with van der Waals surface area (Å²) in [5, 5.41) is -0.205. The lowest BCUT2D eigenvalue weighted by atomic mass is 9.69. The summed E-state index contributed by atoms with van der Waals surface area (Å²) in [4.78, 5) is 16.0. The minimum atomic E-state index is -0.450. The van der Waals surface area contributed by atoms with E-state index < -0.39 is 5.41 Å². The lowest BCUT2D eigenvalue weighted by Crippen LogP contribution is -2.41. The molecule has 0 aromatic heterocycles. The fraction of sp³-hybridized carbons (Fsp3) is 0.818. The maximum Gasteiger partial charge on any atom is 0.233 e. The first kappa shape index (κ1) is 10.2. The van der Waals surface area contributed by atoms with Crippen LogP contribution in [0.2, 0.25) is 0 Å². The van der Waals surface area contributed by atoms with Crippen molar-refractivity contribution < 1.29 is 4.79 Å². The van der Waals surface area contributed by atoms with Crippen molar-refractivity contribution in [2.75, 3.05) is 7.05 Å². The molecule has 0 N–H and O–H groups in total. The third-order valence-corrected chi connectivity index (χ3v) is 4.85. The Kier molecular flexibility index (Phi) is 2.04. The zero-order valence-corrected chi connectivity index (χ0v) is 9.69. The monoisotopic (exact) mass is 213 g/mol. The molecule has 0 aromatic rings. The molecule has 2 aliphatic carbocycles. The standard InChI is InChI=1S/C11H16ClNO/c1-10(2)7-4-5-11(10,9(12)14)8(6-7)13-3/h7H,4-6H2,1-3H3. The Bertz CT molecular complexity index is 321. The van der Waals surface area contributed by atoms with Crippen LogP contribution >= 0.6 is 11.6 Å². The number of hydrogen-bond acceptors (Lipinski definition) is 2. The SMILES string of the molecule is CN=C1CC2CCC1(C(=O)Cl)C2(C)C. The Morgan fingerprint density at radius 1 is 1.57 bits per heavy atom. The molecule has 0 spiro atoms. The molecular weight excluding hydrogens is 198 g/mol. The van der Waals surface area contributed by atoms with Crippen molar-refractivity contribution in [1.82, 2.24) is 0 Å². The zero-order valence-electron chi connectivity index (χ0n) is 8.93. The number of rotatable bonds is 1. The number of hydrogen-bond donors (Lipinski definition) is 0. The Hall–Kier alpha value is -0.370. The van der Waals surface area contributed by atoms with Gasteiger partial charge in [-0.1, -0.05) is 13.8 Å². The number of fused-ring (bicyclic) bond motifs is 2. The molecule has 2 nitrogen and oxygen atoms in total. The maximum atomic E-state index is 11.7. The van der Waals surface area contributed by atoms with Crippen molar-refractivity contribution in [3.8, 4) is 0 Å². The average Bonchev–Trinajstić information content (AvgIpc) is 2.51. The van der Waals surface area contributed by atoms with Gasteiger partial charge in [0.15, 0.2) is 0 Å². The van der Waals surface area contributed by atoms with Crippen molar-refractivity contribution in [2.24, 2.45) is 21.7 Å². The molecule has 78 valence electrons. The molecule has 2 rings (SSSR count). The third-order valence-electron chi connectivity index (χ3n) is 4.53. The fourth-order valence-corrected chi connectivity index (χ4v) is 3.90. The second-order valence-electron chi connectivity index (χ2n) is 5.01. The van der Waals surface area contributed by atoms with E-state index in [2.05, 4.69) is 18.8 Å². The number of carbonyl (C=O) groups excluding carboxylic acids is 1. The fourth-order valence-electron chi connectivity index (χ4n) is 3.45. The van der Waals surface area contributed by atoms with Crippen molar-refractivity contribution in [1.29, 1.82) is 0 Å². The Morgan fingerprint density at radius 3 is 2.57 bits per heavy atom. The van der Waals surface area contributed by atoms with Gasteiger partial charge in [0, 0.05) is 12.8 Å². The van der Waals surface area contributed by atoms with Crippen molar-refractivity contribution >= 4 is 22.6 Å². The highest BCUT2D eigenvalue weighted by Crippen LogP contribution is 2.65. The number of carbonyl (C=O) groups is 1. The van der Waals surface area contributed by atoms with Gasteiger partial charge < -0.3 is 0 Å². The first-order valence-electron chi connectivity index (χ1n) is 5.13. The third kappa shape index (κ3) is 0.881. The van der Waals surface area contributed by atoms with Crippen LogP contribution in [0.5, 0.6) is 0 Å². The molecule has 2 unspecified atom stereocenters. The van der Waals surface area contributed by atoms with Crippen LogP contribution in [0.25, 0.3) is 0 Å². The minimum absolute atomic E-state index is 0.000671. The van der Waals surface area contributed by atoms with E-state index >= 15 is 0 Å². The van der Waals surface area contributed by atoms with Gasteiger partial charge in [-0.15, -0.1) is 0 Å². The first-order chi connectivity index (χ1) is 6.46. The quantitative estimate of drug-likeness (QED) is 0.616. The second-order valence-corrected chi connectivity index (χ2v) is 5.35. The average molecular weight is 214 g/mol. The molecule has 0 amide bonds. The predicted octanol–water partition coefficient (Wildman–Crippen LogP) is 2.65. The van der Waals surface area contributed by atoms with E-state index in [0.29, 0.717) is 5.92 Å². The lowest BCUT2D eigenvalue weighted by molar-refractivity contribution is -0.120. The molecule has 2 aliphatic rings. The van der Waals surface area contributed by atoms with Gasteiger partial charge in [0.1, 0.15) is 0 Å². The van der Waals surface area contributed by atoms with Crippen LogP contribution < -0.4 is 0 Å². The van der Waals surface area contributed by atoms with Gasteiger partial charge >= 0.3 is 0 Å². The maximum absolute atomic E-state index is 11.7. The van der Waals surface area contributed by atoms with E-state index in [1.165, 1.54) is 0 Å². The Morgan fingerprint density at radius 2 is 2.21 bits per heavy atom. The molecule has 0 heterocycles. The van der Waals surface area contributed by atoms with Gasteiger partial charge in [-0.25, -0.2) is 0 Å². The molecule has 2 bridgehead atoms. The molecule has 2 fully saturated rings. The Balaban J connectivity index is 2.57. The summed E-state index contributed by atoms with van der Waals surface area (Å²) in [6.07, 6.45) is 2.96. The highest BCUT2D eigenvalue weighted by molar-refractivity contribution is 6.67. The summed E-state index contributed by atoms with van der Waals surface area (Å²) in [5.74, 6) is 0.587. The van der Waals surface area contributed by atoms with Crippen LogP contribution in [0.1, 0.15) is 33.1 Å². The van der Waals surface area contributed by atoms with E-state index in [4.69, 9.17) is 11.6 Å². The molecule has 0 radical (unpaired) electrons. The largest absolute Gasteiger partial charge is 0.296 e. The van der Waals surface area contributed by atoms with Crippen LogP contribution in [0, 0.1) is 16.7 Å². The summed E-state index contributed by atoms with van der Waals surface area (Å²) >= 11 is 5.81.